The van der Waals surface area contributed by atoms with Crippen molar-refractivity contribution in [3.8, 4) is 0 Å². The van der Waals surface area contributed by atoms with E-state index in [1.165, 1.54) is 4.90 Å². The first-order valence-electron chi connectivity index (χ1n) is 13.3. The van der Waals surface area contributed by atoms with E-state index in [0.29, 0.717) is 59.5 Å². The van der Waals surface area contributed by atoms with Crippen LogP contribution in [-0.2, 0) is 15.8 Å². The van der Waals surface area contributed by atoms with Gasteiger partial charge in [-0.2, -0.15) is 13.2 Å². The molecule has 210 valence electrons. The van der Waals surface area contributed by atoms with Crippen LogP contribution < -0.4 is 20.9 Å². The third-order valence-corrected chi connectivity index (χ3v) is 7.70. The van der Waals surface area contributed by atoms with Crippen LogP contribution in [0.5, 0.6) is 0 Å². The Bertz CT molecular complexity index is 1420. The largest absolute Gasteiger partial charge is 0.433 e. The number of carbonyl (C=O) groups is 2. The molecule has 40 heavy (non-hydrogen) atoms. The summed E-state index contributed by atoms with van der Waals surface area (Å²) in [5.74, 6) is -0.316. The molecule has 1 saturated carbocycles. The Morgan fingerprint density at radius 1 is 1.07 bits per heavy atom. The van der Waals surface area contributed by atoms with E-state index in [4.69, 9.17) is 12.2 Å². The van der Waals surface area contributed by atoms with E-state index in [-0.39, 0.29) is 30.3 Å². The van der Waals surface area contributed by atoms with Gasteiger partial charge in [0.1, 0.15) is 11.7 Å². The zero-order valence-corrected chi connectivity index (χ0v) is 22.7. The number of carbonyl (C=O) groups excluding carboxylic acids is 2. The van der Waals surface area contributed by atoms with E-state index in [1.54, 1.807) is 24.3 Å². The topological polar surface area (TPSA) is 86.4 Å². The number of pyridine rings is 1. The molecule has 1 unspecified atom stereocenters. The van der Waals surface area contributed by atoms with Gasteiger partial charge in [-0.3, -0.25) is 14.5 Å². The van der Waals surface area contributed by atoms with Crippen molar-refractivity contribution in [1.82, 2.24) is 15.6 Å². The molecular weight excluding hydrogens is 539 g/mol. The highest BCUT2D eigenvalue weighted by atomic mass is 32.1. The molecular formula is C29H30F3N5O2S. The molecule has 5 rings (SSSR count). The molecule has 2 aromatic carbocycles. The van der Waals surface area contributed by atoms with Crippen LogP contribution in [0.25, 0.3) is 10.9 Å². The predicted molar refractivity (Wildman–Crippen MR) is 152 cm³/mol. The number of amides is 2. The molecule has 1 aliphatic heterocycles. The fraction of sp³-hybridized carbons (Fsp3) is 0.379. The first-order chi connectivity index (χ1) is 19.1. The van der Waals surface area contributed by atoms with Gasteiger partial charge in [0.25, 0.3) is 5.91 Å². The Morgan fingerprint density at radius 3 is 2.48 bits per heavy atom. The van der Waals surface area contributed by atoms with Gasteiger partial charge < -0.3 is 16.0 Å². The molecule has 2 heterocycles. The summed E-state index contributed by atoms with van der Waals surface area (Å²) in [6.45, 7) is 1.89. The highest BCUT2D eigenvalue weighted by Gasteiger charge is 2.37. The first-order valence-corrected chi connectivity index (χ1v) is 13.7. The molecule has 2 aliphatic rings. The number of hydrogen-bond donors (Lipinski definition) is 3. The smallest absolute Gasteiger partial charge is 0.382 e. The number of nitrogens with zero attached hydrogens (tertiary/aromatic N) is 2. The number of para-hydroxylation sites is 1. The summed E-state index contributed by atoms with van der Waals surface area (Å²) >= 11 is 5.33. The van der Waals surface area contributed by atoms with Gasteiger partial charge in [-0.1, -0.05) is 29.8 Å². The number of anilines is 2. The van der Waals surface area contributed by atoms with Crippen molar-refractivity contribution in [2.75, 3.05) is 10.2 Å². The minimum absolute atomic E-state index is 0.0226. The van der Waals surface area contributed by atoms with Crippen molar-refractivity contribution in [3.63, 3.8) is 0 Å². The lowest BCUT2D eigenvalue weighted by Crippen LogP contribution is -2.41. The van der Waals surface area contributed by atoms with Crippen LogP contribution in [0.4, 0.5) is 24.5 Å². The second kappa shape index (κ2) is 11.4. The molecule has 1 saturated heterocycles. The third-order valence-electron chi connectivity index (χ3n) is 7.40. The van der Waals surface area contributed by atoms with Gasteiger partial charge in [0.2, 0.25) is 5.91 Å². The Kier molecular flexibility index (Phi) is 7.93. The van der Waals surface area contributed by atoms with Gasteiger partial charge in [-0.05, 0) is 81.6 Å². The number of hydrogen-bond acceptors (Lipinski definition) is 5. The molecule has 11 heteroatoms. The van der Waals surface area contributed by atoms with E-state index in [1.807, 2.05) is 31.2 Å². The summed E-state index contributed by atoms with van der Waals surface area (Å²) in [5, 5.41) is 10.4. The van der Waals surface area contributed by atoms with Gasteiger partial charge in [-0.15, -0.1) is 0 Å². The van der Waals surface area contributed by atoms with Crippen LogP contribution in [0.2, 0.25) is 0 Å². The number of alkyl halides is 3. The van der Waals surface area contributed by atoms with E-state index in [0.717, 1.165) is 11.6 Å². The number of nitrogens with one attached hydrogen (secondary N) is 3. The molecule has 1 aliphatic carbocycles. The summed E-state index contributed by atoms with van der Waals surface area (Å²) in [4.78, 5) is 30.8. The van der Waals surface area contributed by atoms with Crippen molar-refractivity contribution in [1.29, 1.82) is 0 Å². The van der Waals surface area contributed by atoms with Crippen LogP contribution in [0.1, 0.15) is 49.8 Å². The molecule has 1 atom stereocenters. The molecule has 1 aromatic heterocycles. The maximum atomic E-state index is 13.5. The Balaban J connectivity index is 1.13. The first kappa shape index (κ1) is 27.8. The monoisotopic (exact) mass is 569 g/mol. The van der Waals surface area contributed by atoms with E-state index in [9.17, 15) is 22.8 Å². The minimum atomic E-state index is -4.54. The standard InChI is InChI=1S/C29H30F3N5O2S/c1-17-7-12-22-21(15-17)24(16-25(35-22)29(30,31)32)33-18-8-10-19(11-9-18)34-26(38)14-13-23-27(39)37(28(40)36-23)20-5-3-2-4-6-20/h2-7,12,15-16,18-19,23H,8-11,13-14H2,1H3,(H,33,35)(H,34,38)(H,36,40)/t18-,19+,23?. The van der Waals surface area contributed by atoms with Crippen LogP contribution in [0.3, 0.4) is 0 Å². The number of aryl methyl sites for hydroxylation is 1. The minimum Gasteiger partial charge on any atom is -0.382 e. The summed E-state index contributed by atoms with van der Waals surface area (Å²) in [5.41, 5.74) is 1.42. The molecule has 7 nitrogen and oxygen atoms in total. The number of halogens is 3. The zero-order valence-electron chi connectivity index (χ0n) is 21.9. The number of thiocarbonyl (C=S) groups is 1. The van der Waals surface area contributed by atoms with Gasteiger partial charge >= 0.3 is 6.18 Å². The predicted octanol–water partition coefficient (Wildman–Crippen LogP) is 5.47. The lowest BCUT2D eigenvalue weighted by molar-refractivity contribution is -0.141. The van der Waals surface area contributed by atoms with E-state index in [2.05, 4.69) is 20.9 Å². The summed E-state index contributed by atoms with van der Waals surface area (Å²) in [6.07, 6.45) is -1.25. The average molecular weight is 570 g/mol. The maximum Gasteiger partial charge on any atom is 0.433 e. The lowest BCUT2D eigenvalue weighted by Gasteiger charge is -2.31. The molecule has 3 N–H and O–H groups in total. The molecule has 0 spiro atoms. The Hall–Kier alpha value is -3.73. The molecule has 2 fully saturated rings. The number of aromatic nitrogens is 1. The molecule has 0 radical (unpaired) electrons. The van der Waals surface area contributed by atoms with Gasteiger partial charge in [0.05, 0.1) is 11.2 Å². The average Bonchev–Trinajstić information content (AvgIpc) is 3.21. The summed E-state index contributed by atoms with van der Waals surface area (Å²) in [6, 6.07) is 14.8. The number of fused-ring (bicyclic) bond motifs is 1. The van der Waals surface area contributed by atoms with Gasteiger partial charge in [-0.25, -0.2) is 4.98 Å². The van der Waals surface area contributed by atoms with Crippen LogP contribution in [-0.4, -0.2) is 40.0 Å². The lowest BCUT2D eigenvalue weighted by atomic mass is 9.90. The fourth-order valence-electron chi connectivity index (χ4n) is 5.33. The van der Waals surface area contributed by atoms with Crippen molar-refractivity contribution in [2.45, 2.75) is 69.8 Å². The highest BCUT2D eigenvalue weighted by molar-refractivity contribution is 7.80. The molecule has 0 bridgehead atoms. The van der Waals surface area contributed by atoms with Crippen LogP contribution in [0, 0.1) is 6.92 Å². The summed E-state index contributed by atoms with van der Waals surface area (Å²) in [7, 11) is 0. The van der Waals surface area contributed by atoms with Gasteiger partial charge in [0, 0.05) is 29.6 Å². The van der Waals surface area contributed by atoms with Crippen molar-refractivity contribution in [3.05, 3.63) is 65.9 Å². The maximum absolute atomic E-state index is 13.5. The van der Waals surface area contributed by atoms with Gasteiger partial charge in [0.15, 0.2) is 5.11 Å². The Morgan fingerprint density at radius 2 is 1.77 bits per heavy atom. The summed E-state index contributed by atoms with van der Waals surface area (Å²) < 4.78 is 40.4. The second-order valence-electron chi connectivity index (χ2n) is 10.4. The number of benzene rings is 2. The van der Waals surface area contributed by atoms with E-state index >= 15 is 0 Å². The quantitative estimate of drug-likeness (QED) is 0.327. The second-order valence-corrected chi connectivity index (χ2v) is 10.8. The fourth-order valence-corrected chi connectivity index (χ4v) is 5.67. The molecule has 3 aromatic rings. The zero-order chi connectivity index (χ0) is 28.4. The number of rotatable bonds is 7. The van der Waals surface area contributed by atoms with E-state index < -0.39 is 17.9 Å². The van der Waals surface area contributed by atoms with Crippen LogP contribution >= 0.6 is 12.2 Å². The van der Waals surface area contributed by atoms with Crippen molar-refractivity contribution >= 4 is 51.4 Å². The molecule has 2 amide bonds. The van der Waals surface area contributed by atoms with Crippen molar-refractivity contribution in [2.24, 2.45) is 0 Å². The normalized spacial score (nSPS) is 21.4. The SMILES string of the molecule is Cc1ccc2nc(C(F)(F)F)cc(N[C@H]3CC[C@@H](NC(=O)CCC4NC(=S)N(c5ccccc5)C4=O)CC3)c2c1. The van der Waals surface area contributed by atoms with Crippen LogP contribution in [0.15, 0.2) is 54.6 Å². The third kappa shape index (κ3) is 6.19. The van der Waals surface area contributed by atoms with Crippen molar-refractivity contribution < 1.29 is 22.8 Å². The highest BCUT2D eigenvalue weighted by Crippen LogP contribution is 2.35. The Labute approximate surface area is 235 Å².